The molecule has 1 aliphatic rings. The van der Waals surface area contributed by atoms with Gasteiger partial charge in [-0.2, -0.15) is 0 Å². The first-order valence-corrected chi connectivity index (χ1v) is 6.45. The summed E-state index contributed by atoms with van der Waals surface area (Å²) in [5, 5.41) is 6.23. The van der Waals surface area contributed by atoms with Gasteiger partial charge in [0.1, 0.15) is 12.1 Å². The average Bonchev–Trinajstić information content (AvgIpc) is 2.36. The highest BCUT2D eigenvalue weighted by atomic mass is 16.1. The van der Waals surface area contributed by atoms with Gasteiger partial charge in [0.05, 0.1) is 17.4 Å². The maximum absolute atomic E-state index is 11.1. The molecule has 0 aliphatic heterocycles. The summed E-state index contributed by atoms with van der Waals surface area (Å²) in [4.78, 5) is 19.5. The Morgan fingerprint density at radius 3 is 2.50 bits per heavy atom. The molecular weight excluding hydrogens is 228 g/mol. The van der Waals surface area contributed by atoms with Crippen LogP contribution in [0.5, 0.6) is 0 Å². The third-order valence-corrected chi connectivity index (χ3v) is 3.02. The topological polar surface area (TPSA) is 66.9 Å². The first-order valence-electron chi connectivity index (χ1n) is 6.45. The van der Waals surface area contributed by atoms with Crippen LogP contribution in [0.4, 0.5) is 11.5 Å². The lowest BCUT2D eigenvalue weighted by atomic mass is 9.78. The Kier molecular flexibility index (Phi) is 5.07. The van der Waals surface area contributed by atoms with Crippen LogP contribution >= 0.6 is 0 Å². The van der Waals surface area contributed by atoms with E-state index in [4.69, 9.17) is 0 Å². The van der Waals surface area contributed by atoms with Crippen LogP contribution in [0.2, 0.25) is 0 Å². The number of nitrogens with one attached hydrogen (secondary N) is 2. The smallest absolute Gasteiger partial charge is 0.153 e. The van der Waals surface area contributed by atoms with Gasteiger partial charge in [-0.25, -0.2) is 9.97 Å². The van der Waals surface area contributed by atoms with Gasteiger partial charge in [-0.1, -0.05) is 13.8 Å². The van der Waals surface area contributed by atoms with Crippen LogP contribution in [0.1, 0.15) is 38.9 Å². The quantitative estimate of drug-likeness (QED) is 0.803. The molecule has 1 heterocycles. The second-order valence-corrected chi connectivity index (χ2v) is 4.18. The van der Waals surface area contributed by atoms with E-state index in [0.717, 1.165) is 31.2 Å². The number of hydrogen-bond acceptors (Lipinski definition) is 5. The standard InChI is InChI=1S/C11H16N4O.C2H6/c1-8-13-6-9(12-2)10(14-8)15-11(7-16)4-3-5-11;1-2/h6-7,12H,3-5H2,1-2H3,(H,13,14,15);1-2H3. The Hall–Kier alpha value is -1.65. The number of aryl methyl sites for hydroxylation is 1. The number of rotatable bonds is 4. The lowest BCUT2D eigenvalue weighted by Gasteiger charge is -2.38. The van der Waals surface area contributed by atoms with Crippen molar-refractivity contribution >= 4 is 17.8 Å². The first-order chi connectivity index (χ1) is 8.69. The molecule has 0 atom stereocenters. The number of carbonyl (C=O) groups is 1. The van der Waals surface area contributed by atoms with Crippen LogP contribution in [0.25, 0.3) is 0 Å². The normalized spacial score (nSPS) is 15.8. The van der Waals surface area contributed by atoms with Crippen LogP contribution in [0.3, 0.4) is 0 Å². The van der Waals surface area contributed by atoms with Crippen LogP contribution < -0.4 is 10.6 Å². The van der Waals surface area contributed by atoms with Gasteiger partial charge in [0.2, 0.25) is 0 Å². The molecule has 2 N–H and O–H groups in total. The molecule has 1 saturated carbocycles. The molecule has 1 fully saturated rings. The van der Waals surface area contributed by atoms with E-state index in [1.54, 1.807) is 6.20 Å². The van der Waals surface area contributed by atoms with Crippen molar-refractivity contribution in [1.82, 2.24) is 9.97 Å². The molecule has 0 spiro atoms. The maximum atomic E-state index is 11.1. The molecular formula is C13H22N4O. The van der Waals surface area contributed by atoms with Gasteiger partial charge in [0.15, 0.2) is 5.82 Å². The van der Waals surface area contributed by atoms with Crippen molar-refractivity contribution in [1.29, 1.82) is 0 Å². The Balaban J connectivity index is 0.000000771. The van der Waals surface area contributed by atoms with Crippen LogP contribution in [0, 0.1) is 6.92 Å². The van der Waals surface area contributed by atoms with E-state index in [1.165, 1.54) is 0 Å². The summed E-state index contributed by atoms with van der Waals surface area (Å²) in [6, 6.07) is 0. The molecule has 2 rings (SSSR count). The van der Waals surface area contributed by atoms with Crippen molar-refractivity contribution in [2.45, 2.75) is 45.6 Å². The van der Waals surface area contributed by atoms with Crippen LogP contribution in [-0.4, -0.2) is 28.8 Å². The number of anilines is 2. The summed E-state index contributed by atoms with van der Waals surface area (Å²) in [6.45, 7) is 5.83. The van der Waals surface area contributed by atoms with Crippen LogP contribution in [0.15, 0.2) is 6.20 Å². The Bertz CT molecular complexity index is 402. The molecule has 0 unspecified atom stereocenters. The molecule has 5 nitrogen and oxygen atoms in total. The molecule has 1 aromatic heterocycles. The molecule has 0 bridgehead atoms. The summed E-state index contributed by atoms with van der Waals surface area (Å²) >= 11 is 0. The highest BCUT2D eigenvalue weighted by molar-refractivity contribution is 5.75. The van der Waals surface area contributed by atoms with Gasteiger partial charge in [0, 0.05) is 7.05 Å². The third kappa shape index (κ3) is 2.97. The van der Waals surface area contributed by atoms with E-state index < -0.39 is 5.54 Å². The fourth-order valence-corrected chi connectivity index (χ4v) is 1.81. The van der Waals surface area contributed by atoms with Crippen molar-refractivity contribution in [2.75, 3.05) is 17.7 Å². The van der Waals surface area contributed by atoms with E-state index in [1.807, 2.05) is 27.8 Å². The van der Waals surface area contributed by atoms with E-state index >= 15 is 0 Å². The van der Waals surface area contributed by atoms with E-state index in [0.29, 0.717) is 11.6 Å². The van der Waals surface area contributed by atoms with Gasteiger partial charge >= 0.3 is 0 Å². The second kappa shape index (κ2) is 6.33. The predicted octanol–water partition coefficient (Wildman–Crippen LogP) is 2.39. The zero-order chi connectivity index (χ0) is 13.6. The van der Waals surface area contributed by atoms with Crippen LogP contribution in [-0.2, 0) is 4.79 Å². The zero-order valence-electron chi connectivity index (χ0n) is 11.6. The fraction of sp³-hybridized carbons (Fsp3) is 0.615. The van der Waals surface area contributed by atoms with E-state index in [2.05, 4.69) is 20.6 Å². The zero-order valence-corrected chi connectivity index (χ0v) is 11.6. The summed E-state index contributed by atoms with van der Waals surface area (Å²) in [5.74, 6) is 1.41. The molecule has 0 aromatic carbocycles. The first kappa shape index (κ1) is 14.4. The van der Waals surface area contributed by atoms with Crippen molar-refractivity contribution in [2.24, 2.45) is 0 Å². The minimum atomic E-state index is -0.410. The monoisotopic (exact) mass is 250 g/mol. The number of carbonyl (C=O) groups excluding carboxylic acids is 1. The van der Waals surface area contributed by atoms with Gasteiger partial charge in [-0.3, -0.25) is 0 Å². The molecule has 1 aliphatic carbocycles. The van der Waals surface area contributed by atoms with Gasteiger partial charge in [-0.15, -0.1) is 0 Å². The fourth-order valence-electron chi connectivity index (χ4n) is 1.81. The molecule has 5 heteroatoms. The molecule has 1 aromatic rings. The van der Waals surface area contributed by atoms with E-state index in [-0.39, 0.29) is 0 Å². The summed E-state index contributed by atoms with van der Waals surface area (Å²) in [5.41, 5.74) is 0.408. The highest BCUT2D eigenvalue weighted by Gasteiger charge is 2.37. The van der Waals surface area contributed by atoms with Crippen molar-refractivity contribution in [3.8, 4) is 0 Å². The van der Waals surface area contributed by atoms with Gasteiger partial charge in [-0.05, 0) is 26.2 Å². The highest BCUT2D eigenvalue weighted by Crippen LogP contribution is 2.34. The lowest BCUT2D eigenvalue weighted by molar-refractivity contribution is -0.113. The second-order valence-electron chi connectivity index (χ2n) is 4.18. The summed E-state index contributed by atoms with van der Waals surface area (Å²) in [7, 11) is 1.81. The molecule has 18 heavy (non-hydrogen) atoms. The van der Waals surface area contributed by atoms with Crippen molar-refractivity contribution < 1.29 is 4.79 Å². The molecule has 0 amide bonds. The number of nitrogens with zero attached hydrogens (tertiary/aromatic N) is 2. The average molecular weight is 250 g/mol. The van der Waals surface area contributed by atoms with Gasteiger partial charge in [0.25, 0.3) is 0 Å². The lowest BCUT2D eigenvalue weighted by Crippen LogP contribution is -2.46. The number of aromatic nitrogens is 2. The Morgan fingerprint density at radius 2 is 2.06 bits per heavy atom. The summed E-state index contributed by atoms with van der Waals surface area (Å²) in [6.07, 6.45) is 5.56. The number of hydrogen-bond donors (Lipinski definition) is 2. The van der Waals surface area contributed by atoms with Crippen molar-refractivity contribution in [3.05, 3.63) is 12.0 Å². The van der Waals surface area contributed by atoms with Gasteiger partial charge < -0.3 is 15.4 Å². The Morgan fingerprint density at radius 1 is 1.39 bits per heavy atom. The van der Waals surface area contributed by atoms with E-state index in [9.17, 15) is 4.79 Å². The minimum absolute atomic E-state index is 0.410. The molecule has 0 saturated heterocycles. The predicted molar refractivity (Wildman–Crippen MR) is 73.9 cm³/mol. The van der Waals surface area contributed by atoms with Crippen molar-refractivity contribution in [3.63, 3.8) is 0 Å². The maximum Gasteiger partial charge on any atom is 0.153 e. The minimum Gasteiger partial charge on any atom is -0.384 e. The summed E-state index contributed by atoms with van der Waals surface area (Å²) < 4.78 is 0. The SMILES string of the molecule is CC.CNc1cnc(C)nc1NC1(C=O)CCC1. The third-order valence-electron chi connectivity index (χ3n) is 3.02. The Labute approximate surface area is 108 Å². The molecule has 100 valence electrons. The largest absolute Gasteiger partial charge is 0.384 e. The molecule has 0 radical (unpaired) electrons. The number of aldehydes is 1.